The van der Waals surface area contributed by atoms with Crippen LogP contribution in [0.25, 0.3) is 0 Å². The first-order chi connectivity index (χ1) is 14.5. The zero-order valence-electron chi connectivity index (χ0n) is 20.4. The average molecular weight is 441 g/mol. The molecule has 0 saturated heterocycles. The monoisotopic (exact) mass is 440 g/mol. The lowest BCUT2D eigenvalue weighted by Gasteiger charge is -2.04. The molecule has 31 heavy (non-hydrogen) atoms. The summed E-state index contributed by atoms with van der Waals surface area (Å²) in [6.45, 7) is 17.6. The molecule has 180 valence electrons. The van der Waals surface area contributed by atoms with Crippen molar-refractivity contribution in [2.75, 3.05) is 13.7 Å². The highest BCUT2D eigenvalue weighted by molar-refractivity contribution is 5.87. The van der Waals surface area contributed by atoms with E-state index < -0.39 is 5.97 Å². The zero-order valence-corrected chi connectivity index (χ0v) is 20.4. The number of carbonyl (C=O) groups excluding carboxylic acids is 2. The normalized spacial score (nSPS) is 9.19. The van der Waals surface area contributed by atoms with Crippen molar-refractivity contribution in [2.24, 2.45) is 0 Å². The SMILES string of the molecule is C=C(C)C(=O)O.C=C(C)C(=O)OC.C=C(C)C(=O)OCCCCCCCCCCCC. The van der Waals surface area contributed by atoms with Crippen LogP contribution >= 0.6 is 0 Å². The summed E-state index contributed by atoms with van der Waals surface area (Å²) in [7, 11) is 1.33. The molecule has 0 aliphatic carbocycles. The van der Waals surface area contributed by atoms with E-state index in [2.05, 4.69) is 31.4 Å². The molecule has 1 N–H and O–H groups in total. The molecule has 0 aromatic rings. The number of carboxylic acids is 1. The number of esters is 2. The summed E-state index contributed by atoms with van der Waals surface area (Å²) in [5.41, 5.74) is 1.10. The van der Waals surface area contributed by atoms with Gasteiger partial charge in [-0.2, -0.15) is 0 Å². The van der Waals surface area contributed by atoms with Crippen LogP contribution in [0.15, 0.2) is 36.5 Å². The van der Waals surface area contributed by atoms with Crippen molar-refractivity contribution < 1.29 is 29.0 Å². The quantitative estimate of drug-likeness (QED) is 0.191. The molecule has 0 atom stereocenters. The fourth-order valence-electron chi connectivity index (χ4n) is 2.05. The molecule has 0 heterocycles. The number of hydrogen-bond donors (Lipinski definition) is 1. The van der Waals surface area contributed by atoms with Gasteiger partial charge in [0.05, 0.1) is 13.7 Å². The third-order valence-corrected chi connectivity index (χ3v) is 3.98. The van der Waals surface area contributed by atoms with Crippen LogP contribution < -0.4 is 0 Å². The summed E-state index contributed by atoms with van der Waals surface area (Å²) in [6.07, 6.45) is 13.0. The number of unbranched alkanes of at least 4 members (excludes halogenated alkanes) is 9. The number of carbonyl (C=O) groups is 3. The standard InChI is InChI=1S/C16H30O2.C5H8O2.C4H6O2/c1-4-5-6-7-8-9-10-11-12-13-14-18-16(17)15(2)3;1-4(2)5(6)7-3;1-3(2)4(5)6/h2,4-14H2,1,3H3;1H2,2-3H3;1H2,2H3,(H,5,6). The second kappa shape index (κ2) is 23.9. The molecule has 0 spiro atoms. The van der Waals surface area contributed by atoms with E-state index in [9.17, 15) is 14.4 Å². The number of rotatable bonds is 14. The summed E-state index contributed by atoms with van der Waals surface area (Å²) in [6, 6.07) is 0. The molecule has 0 aromatic carbocycles. The Hall–Kier alpha value is -2.37. The van der Waals surface area contributed by atoms with Crippen molar-refractivity contribution >= 4 is 17.9 Å². The van der Waals surface area contributed by atoms with Crippen LogP contribution in [0.1, 0.15) is 91.9 Å². The molecule has 0 amide bonds. The van der Waals surface area contributed by atoms with Gasteiger partial charge in [0.25, 0.3) is 0 Å². The van der Waals surface area contributed by atoms with E-state index in [0.717, 1.165) is 6.42 Å². The van der Waals surface area contributed by atoms with Crippen LogP contribution in [-0.2, 0) is 23.9 Å². The van der Waals surface area contributed by atoms with Gasteiger partial charge >= 0.3 is 17.9 Å². The van der Waals surface area contributed by atoms with Gasteiger partial charge < -0.3 is 14.6 Å². The molecule has 0 saturated carbocycles. The first kappa shape index (κ1) is 33.3. The Labute approximate surface area is 189 Å². The minimum Gasteiger partial charge on any atom is -0.478 e. The Morgan fingerprint density at radius 1 is 0.677 bits per heavy atom. The van der Waals surface area contributed by atoms with E-state index in [0.29, 0.717) is 17.8 Å². The van der Waals surface area contributed by atoms with E-state index in [-0.39, 0.29) is 17.5 Å². The van der Waals surface area contributed by atoms with E-state index >= 15 is 0 Å². The first-order valence-corrected chi connectivity index (χ1v) is 11.0. The number of hydrogen-bond acceptors (Lipinski definition) is 5. The molecular formula is C25H44O6. The third kappa shape index (κ3) is 29.9. The number of carboxylic acid groups (broad SMARTS) is 1. The summed E-state index contributed by atoms with van der Waals surface area (Å²) >= 11 is 0. The smallest absolute Gasteiger partial charge is 0.333 e. The van der Waals surface area contributed by atoms with Gasteiger partial charge in [-0.05, 0) is 27.2 Å². The van der Waals surface area contributed by atoms with Crippen molar-refractivity contribution in [1.29, 1.82) is 0 Å². The van der Waals surface area contributed by atoms with Crippen molar-refractivity contribution in [3.63, 3.8) is 0 Å². The molecule has 0 bridgehead atoms. The third-order valence-electron chi connectivity index (χ3n) is 3.98. The van der Waals surface area contributed by atoms with Gasteiger partial charge in [-0.25, -0.2) is 14.4 Å². The predicted octanol–water partition coefficient (Wildman–Crippen LogP) is 6.41. The highest BCUT2D eigenvalue weighted by Gasteiger charge is 2.01. The average Bonchev–Trinajstić information content (AvgIpc) is 2.71. The summed E-state index contributed by atoms with van der Waals surface area (Å²) < 4.78 is 9.31. The Bertz CT molecular complexity index is 536. The van der Waals surface area contributed by atoms with Gasteiger partial charge in [0.15, 0.2) is 0 Å². The molecule has 0 rings (SSSR count). The van der Waals surface area contributed by atoms with E-state index in [1.54, 1.807) is 13.8 Å². The minimum absolute atomic E-state index is 0.176. The fraction of sp³-hybridized carbons (Fsp3) is 0.640. The van der Waals surface area contributed by atoms with Crippen molar-refractivity contribution in [3.05, 3.63) is 36.5 Å². The Morgan fingerprint density at radius 3 is 1.29 bits per heavy atom. The van der Waals surface area contributed by atoms with Gasteiger partial charge in [0.1, 0.15) is 0 Å². The van der Waals surface area contributed by atoms with Crippen molar-refractivity contribution in [1.82, 2.24) is 0 Å². The van der Waals surface area contributed by atoms with E-state index in [4.69, 9.17) is 9.84 Å². The second-order valence-corrected chi connectivity index (χ2v) is 7.46. The molecule has 0 radical (unpaired) electrons. The van der Waals surface area contributed by atoms with Crippen LogP contribution in [0.2, 0.25) is 0 Å². The molecule has 6 nitrogen and oxygen atoms in total. The predicted molar refractivity (Wildman–Crippen MR) is 127 cm³/mol. The van der Waals surface area contributed by atoms with Crippen molar-refractivity contribution in [3.8, 4) is 0 Å². The van der Waals surface area contributed by atoms with Gasteiger partial charge in [0.2, 0.25) is 0 Å². The highest BCUT2D eigenvalue weighted by Crippen LogP contribution is 2.10. The van der Waals surface area contributed by atoms with Gasteiger partial charge in [-0.1, -0.05) is 84.4 Å². The van der Waals surface area contributed by atoms with Crippen LogP contribution in [-0.4, -0.2) is 36.7 Å². The largest absolute Gasteiger partial charge is 0.478 e. The zero-order chi connectivity index (χ0) is 24.7. The topological polar surface area (TPSA) is 89.9 Å². The van der Waals surface area contributed by atoms with Gasteiger partial charge in [0, 0.05) is 16.7 Å². The Balaban J connectivity index is -0.000000492. The minimum atomic E-state index is -0.935. The molecule has 0 aliphatic rings. The summed E-state index contributed by atoms with van der Waals surface area (Å²) in [5.74, 6) is -1.54. The Morgan fingerprint density at radius 2 is 1.03 bits per heavy atom. The molecular weight excluding hydrogens is 396 g/mol. The summed E-state index contributed by atoms with van der Waals surface area (Å²) in [5, 5.41) is 7.89. The maximum Gasteiger partial charge on any atom is 0.333 e. The molecule has 6 heteroatoms. The molecule has 0 unspecified atom stereocenters. The lowest BCUT2D eigenvalue weighted by atomic mass is 10.1. The van der Waals surface area contributed by atoms with E-state index in [1.165, 1.54) is 71.8 Å². The highest BCUT2D eigenvalue weighted by atomic mass is 16.5. The lowest BCUT2D eigenvalue weighted by molar-refractivity contribution is -0.139. The first-order valence-electron chi connectivity index (χ1n) is 11.0. The second-order valence-electron chi connectivity index (χ2n) is 7.46. The van der Waals surface area contributed by atoms with Crippen LogP contribution in [0.5, 0.6) is 0 Å². The van der Waals surface area contributed by atoms with Crippen LogP contribution in [0.3, 0.4) is 0 Å². The van der Waals surface area contributed by atoms with Crippen LogP contribution in [0.4, 0.5) is 0 Å². The molecule has 0 aromatic heterocycles. The van der Waals surface area contributed by atoms with E-state index in [1.807, 2.05) is 0 Å². The van der Waals surface area contributed by atoms with Gasteiger partial charge in [-0.15, -0.1) is 0 Å². The maximum absolute atomic E-state index is 11.1. The molecule has 0 aliphatic heterocycles. The maximum atomic E-state index is 11.1. The van der Waals surface area contributed by atoms with Crippen LogP contribution in [0, 0.1) is 0 Å². The Kier molecular flexibility index (Phi) is 25.7. The summed E-state index contributed by atoms with van der Waals surface area (Å²) in [4.78, 5) is 30.9. The number of ether oxygens (including phenoxy) is 2. The lowest BCUT2D eigenvalue weighted by Crippen LogP contribution is -2.05. The van der Waals surface area contributed by atoms with Crippen molar-refractivity contribution in [2.45, 2.75) is 91.9 Å². The van der Waals surface area contributed by atoms with Gasteiger partial charge in [-0.3, -0.25) is 0 Å². The fourth-order valence-corrected chi connectivity index (χ4v) is 2.05. The molecule has 0 fully saturated rings. The number of methoxy groups -OCH3 is 1. The number of aliphatic carboxylic acids is 1.